The van der Waals surface area contributed by atoms with Gasteiger partial charge >= 0.3 is 5.97 Å². The molecule has 0 aliphatic carbocycles. The molecule has 0 amide bonds. The van der Waals surface area contributed by atoms with Gasteiger partial charge in [0, 0.05) is 38.9 Å². The molecule has 1 saturated heterocycles. The predicted molar refractivity (Wildman–Crippen MR) is 142 cm³/mol. The molecule has 1 N–H and O–H groups in total. The van der Waals surface area contributed by atoms with E-state index in [1.807, 2.05) is 44.2 Å². The summed E-state index contributed by atoms with van der Waals surface area (Å²) in [7, 11) is 3.46. The van der Waals surface area contributed by atoms with Crippen LogP contribution in [0.2, 0.25) is 0 Å². The van der Waals surface area contributed by atoms with Crippen LogP contribution in [0.3, 0.4) is 0 Å². The summed E-state index contributed by atoms with van der Waals surface area (Å²) in [6, 6.07) is 15.7. The van der Waals surface area contributed by atoms with Crippen molar-refractivity contribution >= 4 is 36.5 Å². The number of ether oxygens (including phenoxy) is 2. The van der Waals surface area contributed by atoms with Crippen molar-refractivity contribution in [3.05, 3.63) is 59.7 Å². The van der Waals surface area contributed by atoms with Crippen molar-refractivity contribution < 1.29 is 19.4 Å². The van der Waals surface area contributed by atoms with Crippen LogP contribution in [0, 0.1) is 0 Å². The van der Waals surface area contributed by atoms with Crippen molar-refractivity contribution in [3.8, 4) is 5.75 Å². The molecular weight excluding hydrogens is 475 g/mol. The van der Waals surface area contributed by atoms with Gasteiger partial charge in [-0.05, 0) is 69.0 Å². The minimum Gasteiger partial charge on any atom is -0.491 e. The van der Waals surface area contributed by atoms with Crippen LogP contribution < -0.4 is 9.64 Å². The van der Waals surface area contributed by atoms with E-state index in [0.717, 1.165) is 55.9 Å². The number of nitrogens with zero attached hydrogens (tertiary/aromatic N) is 2. The average molecular weight is 514 g/mol. The molecule has 1 heterocycles. The van der Waals surface area contributed by atoms with E-state index in [9.17, 15) is 9.90 Å². The Morgan fingerprint density at radius 3 is 2.29 bits per heavy atom. The van der Waals surface area contributed by atoms with Gasteiger partial charge in [-0.2, -0.15) is 0 Å². The van der Waals surface area contributed by atoms with Crippen LogP contribution in [0.25, 0.3) is 0 Å². The lowest BCUT2D eigenvalue weighted by molar-refractivity contribution is -0.0276. The molecule has 0 unspecified atom stereocenters. The molecule has 3 rings (SSSR count). The molecule has 8 heteroatoms. The fourth-order valence-corrected chi connectivity index (χ4v) is 4.14. The van der Waals surface area contributed by atoms with E-state index < -0.39 is 5.60 Å². The monoisotopic (exact) mass is 512 g/mol. The molecule has 0 aromatic heterocycles. The third-order valence-electron chi connectivity index (χ3n) is 6.17. The van der Waals surface area contributed by atoms with Crippen molar-refractivity contribution in [3.63, 3.8) is 0 Å². The third kappa shape index (κ3) is 8.35. The van der Waals surface area contributed by atoms with E-state index in [0.29, 0.717) is 12.1 Å². The number of benzene rings is 2. The number of esters is 1. The number of methoxy groups -OCH3 is 1. The highest BCUT2D eigenvalue weighted by Gasteiger charge is 2.32. The van der Waals surface area contributed by atoms with Gasteiger partial charge in [0.2, 0.25) is 0 Å². The Hall–Kier alpha value is -1.99. The molecule has 0 saturated carbocycles. The van der Waals surface area contributed by atoms with E-state index in [4.69, 9.17) is 9.47 Å². The summed E-state index contributed by atoms with van der Waals surface area (Å²) in [5.41, 5.74) is 2.03. The second kappa shape index (κ2) is 13.8. The van der Waals surface area contributed by atoms with Crippen molar-refractivity contribution in [1.29, 1.82) is 0 Å². The summed E-state index contributed by atoms with van der Waals surface area (Å²) in [4.78, 5) is 16.5. The maximum Gasteiger partial charge on any atom is 0.338 e. The highest BCUT2D eigenvalue weighted by molar-refractivity contribution is 5.90. The fourth-order valence-electron chi connectivity index (χ4n) is 4.14. The van der Waals surface area contributed by atoms with Crippen LogP contribution in [0.4, 0.5) is 5.69 Å². The Kier molecular flexibility index (Phi) is 12.2. The van der Waals surface area contributed by atoms with E-state index in [1.165, 1.54) is 7.11 Å². The lowest BCUT2D eigenvalue weighted by Crippen LogP contribution is -2.45. The predicted octanol–water partition coefficient (Wildman–Crippen LogP) is 4.96. The van der Waals surface area contributed by atoms with Gasteiger partial charge in [-0.15, -0.1) is 24.8 Å². The highest BCUT2D eigenvalue weighted by atomic mass is 35.5. The number of piperidine rings is 1. The number of halogens is 2. The van der Waals surface area contributed by atoms with Gasteiger partial charge in [-0.25, -0.2) is 4.79 Å². The average Bonchev–Trinajstić information content (AvgIpc) is 2.79. The quantitative estimate of drug-likeness (QED) is 0.479. The molecule has 0 spiro atoms. The maximum absolute atomic E-state index is 12.0. The minimum absolute atomic E-state index is 0. The molecule has 2 aromatic rings. The molecule has 0 atom stereocenters. The van der Waals surface area contributed by atoms with Crippen LogP contribution in [-0.4, -0.2) is 61.5 Å². The lowest BCUT2D eigenvalue weighted by Gasteiger charge is -2.39. The summed E-state index contributed by atoms with van der Waals surface area (Å²) in [5.74, 6) is 0.567. The van der Waals surface area contributed by atoms with Crippen LogP contribution in [0.15, 0.2) is 48.5 Å². The summed E-state index contributed by atoms with van der Waals surface area (Å²) < 4.78 is 10.6. The van der Waals surface area contributed by atoms with Crippen molar-refractivity contribution in [2.45, 2.75) is 51.4 Å². The van der Waals surface area contributed by atoms with Gasteiger partial charge in [0.25, 0.3) is 0 Å². The van der Waals surface area contributed by atoms with Crippen LogP contribution >= 0.6 is 24.8 Å². The van der Waals surface area contributed by atoms with Crippen molar-refractivity contribution in [2.24, 2.45) is 0 Å². The van der Waals surface area contributed by atoms with Gasteiger partial charge < -0.3 is 19.5 Å². The highest BCUT2D eigenvalue weighted by Crippen LogP contribution is 2.28. The van der Waals surface area contributed by atoms with Crippen LogP contribution in [0.5, 0.6) is 5.75 Å². The van der Waals surface area contributed by atoms with Gasteiger partial charge in [0.05, 0.1) is 24.4 Å². The fraction of sp³-hybridized carbons (Fsp3) is 0.500. The van der Waals surface area contributed by atoms with E-state index in [-0.39, 0.29) is 36.9 Å². The topological polar surface area (TPSA) is 62.2 Å². The maximum atomic E-state index is 12.0. The first kappa shape index (κ1) is 30.0. The van der Waals surface area contributed by atoms with Crippen LogP contribution in [-0.2, 0) is 11.3 Å². The van der Waals surface area contributed by atoms with E-state index in [1.54, 1.807) is 6.07 Å². The second-order valence-corrected chi connectivity index (χ2v) is 8.98. The smallest absolute Gasteiger partial charge is 0.338 e. The number of carbonyl (C=O) groups is 1. The second-order valence-electron chi connectivity index (χ2n) is 8.98. The summed E-state index contributed by atoms with van der Waals surface area (Å²) in [6.07, 6.45) is 2.33. The first-order valence-electron chi connectivity index (χ1n) is 11.4. The third-order valence-corrected chi connectivity index (χ3v) is 6.17. The summed E-state index contributed by atoms with van der Waals surface area (Å²) in [5, 5.41) is 11.1. The number of hydrogen-bond donors (Lipinski definition) is 1. The first-order valence-corrected chi connectivity index (χ1v) is 11.4. The molecule has 0 bridgehead atoms. The number of anilines is 1. The summed E-state index contributed by atoms with van der Waals surface area (Å²) >= 11 is 0. The SMILES string of the molecule is COC(=O)c1ccccc1CN1CCC(O)(CCN(C)c2ccc(OC(C)C)cc2)CC1.Cl.Cl. The number of aliphatic hydroxyl groups is 1. The van der Waals surface area contributed by atoms with Crippen LogP contribution in [0.1, 0.15) is 49.0 Å². The zero-order chi connectivity index (χ0) is 23.1. The molecular formula is C26H38Cl2N2O4. The molecule has 1 fully saturated rings. The summed E-state index contributed by atoms with van der Waals surface area (Å²) in [6.45, 7) is 7.11. The van der Waals surface area contributed by atoms with Gasteiger partial charge in [-0.1, -0.05) is 18.2 Å². The molecule has 2 aromatic carbocycles. The molecule has 6 nitrogen and oxygen atoms in total. The van der Waals surface area contributed by atoms with Crippen molar-refractivity contribution in [2.75, 3.05) is 38.7 Å². The Morgan fingerprint density at radius 1 is 1.09 bits per heavy atom. The number of hydrogen-bond acceptors (Lipinski definition) is 6. The Morgan fingerprint density at radius 2 is 1.71 bits per heavy atom. The normalized spacial score (nSPS) is 15.1. The molecule has 0 radical (unpaired) electrons. The zero-order valence-corrected chi connectivity index (χ0v) is 22.2. The first-order chi connectivity index (χ1) is 15.3. The standard InChI is InChI=1S/C26H36N2O4.2ClH/c1-20(2)32-23-11-9-22(10-12-23)27(3)16-13-26(30)14-17-28(18-15-26)19-21-7-5-6-8-24(21)25(29)31-4;;/h5-12,20,30H,13-19H2,1-4H3;2*1H. The van der Waals surface area contributed by atoms with Gasteiger partial charge in [-0.3, -0.25) is 4.90 Å². The van der Waals surface area contributed by atoms with E-state index >= 15 is 0 Å². The zero-order valence-electron chi connectivity index (χ0n) is 20.5. The largest absolute Gasteiger partial charge is 0.491 e. The number of rotatable bonds is 9. The molecule has 34 heavy (non-hydrogen) atoms. The Balaban J connectivity index is 0.00000289. The lowest BCUT2D eigenvalue weighted by atomic mass is 9.87. The number of carbonyl (C=O) groups excluding carboxylic acids is 1. The minimum atomic E-state index is -0.659. The Labute approximate surface area is 216 Å². The molecule has 1 aliphatic heterocycles. The Bertz CT molecular complexity index is 885. The van der Waals surface area contributed by atoms with E-state index in [2.05, 4.69) is 29.0 Å². The molecule has 190 valence electrons. The van der Waals surface area contributed by atoms with Gasteiger partial charge in [0.1, 0.15) is 5.75 Å². The number of likely N-dealkylation sites (tertiary alicyclic amines) is 1. The molecule has 1 aliphatic rings. The van der Waals surface area contributed by atoms with Gasteiger partial charge in [0.15, 0.2) is 0 Å². The van der Waals surface area contributed by atoms with Crippen molar-refractivity contribution in [1.82, 2.24) is 4.90 Å².